The number of benzene rings is 1. The Hall–Kier alpha value is -1.32. The lowest BCUT2D eigenvalue weighted by atomic mass is 10.2. The van der Waals surface area contributed by atoms with E-state index in [4.69, 9.17) is 10.5 Å². The number of hydrogen-bond acceptors (Lipinski definition) is 3. The molecule has 3 heteroatoms. The van der Waals surface area contributed by atoms with Crippen LogP contribution in [0.1, 0.15) is 10.4 Å². The highest BCUT2D eigenvalue weighted by molar-refractivity contribution is 7.09. The zero-order valence-electron chi connectivity index (χ0n) is 8.35. The molecule has 0 saturated heterocycles. The molecule has 0 fully saturated rings. The fraction of sp³-hybridized carbons (Fsp3) is 0.167. The summed E-state index contributed by atoms with van der Waals surface area (Å²) in [4.78, 5) is 1.26. The van der Waals surface area contributed by atoms with Gasteiger partial charge in [0, 0.05) is 10.6 Å². The van der Waals surface area contributed by atoms with Gasteiger partial charge in [-0.25, -0.2) is 0 Å². The Morgan fingerprint density at radius 3 is 2.53 bits per heavy atom. The average Bonchev–Trinajstić information content (AvgIpc) is 2.74. The van der Waals surface area contributed by atoms with E-state index < -0.39 is 0 Å². The normalized spacial score (nSPS) is 10.4. The van der Waals surface area contributed by atoms with Gasteiger partial charge in [-0.3, -0.25) is 0 Å². The quantitative estimate of drug-likeness (QED) is 0.802. The first kappa shape index (κ1) is 10.2. The molecule has 0 saturated carbocycles. The first-order chi connectivity index (χ1) is 7.34. The number of ether oxygens (including phenoxy) is 1. The molecule has 0 aliphatic carbocycles. The molecule has 0 aliphatic heterocycles. The summed E-state index contributed by atoms with van der Waals surface area (Å²) in [7, 11) is 0. The first-order valence-electron chi connectivity index (χ1n) is 4.79. The van der Waals surface area contributed by atoms with Gasteiger partial charge in [-0.1, -0.05) is 18.2 Å². The molecule has 0 aliphatic rings. The molecule has 0 atom stereocenters. The predicted molar refractivity (Wildman–Crippen MR) is 63.7 cm³/mol. The molecule has 0 unspecified atom stereocenters. The van der Waals surface area contributed by atoms with Gasteiger partial charge < -0.3 is 10.5 Å². The van der Waals surface area contributed by atoms with E-state index in [1.165, 1.54) is 4.88 Å². The fourth-order valence-electron chi connectivity index (χ4n) is 1.28. The van der Waals surface area contributed by atoms with Crippen LogP contribution in [0.2, 0.25) is 0 Å². The second-order valence-electron chi connectivity index (χ2n) is 3.31. The van der Waals surface area contributed by atoms with E-state index in [9.17, 15) is 0 Å². The highest BCUT2D eigenvalue weighted by atomic mass is 32.1. The Bertz CT molecular complexity index is 394. The second kappa shape index (κ2) is 4.96. The number of nitrogen functional groups attached to an aromatic ring is 1. The van der Waals surface area contributed by atoms with Crippen LogP contribution in [0.5, 0.6) is 0 Å². The molecule has 0 amide bonds. The molecule has 1 aromatic heterocycles. The Labute approximate surface area is 93.3 Å². The van der Waals surface area contributed by atoms with E-state index in [0.717, 1.165) is 11.3 Å². The Morgan fingerprint density at radius 2 is 1.87 bits per heavy atom. The molecule has 0 radical (unpaired) electrons. The maximum absolute atomic E-state index is 5.59. The van der Waals surface area contributed by atoms with Crippen LogP contribution < -0.4 is 5.73 Å². The van der Waals surface area contributed by atoms with Gasteiger partial charge in [0.2, 0.25) is 0 Å². The molecule has 1 heterocycles. The first-order valence-corrected chi connectivity index (χ1v) is 5.67. The van der Waals surface area contributed by atoms with Crippen molar-refractivity contribution in [3.8, 4) is 0 Å². The van der Waals surface area contributed by atoms with E-state index in [2.05, 4.69) is 11.4 Å². The lowest BCUT2D eigenvalue weighted by molar-refractivity contribution is 0.109. The molecule has 1 aromatic carbocycles. The van der Waals surface area contributed by atoms with E-state index in [1.807, 2.05) is 30.3 Å². The number of anilines is 1. The minimum atomic E-state index is 0.637. The summed E-state index contributed by atoms with van der Waals surface area (Å²) in [5.74, 6) is 0. The molecule has 0 spiro atoms. The number of rotatable bonds is 4. The molecule has 2 N–H and O–H groups in total. The van der Waals surface area contributed by atoms with Crippen LogP contribution >= 0.6 is 11.3 Å². The molecular formula is C12H13NOS. The van der Waals surface area contributed by atoms with Crippen molar-refractivity contribution in [2.45, 2.75) is 13.2 Å². The van der Waals surface area contributed by atoms with Gasteiger partial charge >= 0.3 is 0 Å². The van der Waals surface area contributed by atoms with Crippen molar-refractivity contribution in [1.29, 1.82) is 0 Å². The molecule has 15 heavy (non-hydrogen) atoms. The van der Waals surface area contributed by atoms with E-state index >= 15 is 0 Å². The maximum atomic E-state index is 5.59. The van der Waals surface area contributed by atoms with Crippen LogP contribution in [0.3, 0.4) is 0 Å². The number of nitrogens with two attached hydrogens (primary N) is 1. The summed E-state index contributed by atoms with van der Waals surface area (Å²) in [5, 5.41) is 2.06. The summed E-state index contributed by atoms with van der Waals surface area (Å²) in [5.41, 5.74) is 7.54. The zero-order chi connectivity index (χ0) is 10.5. The monoisotopic (exact) mass is 219 g/mol. The molecule has 2 nitrogen and oxygen atoms in total. The SMILES string of the molecule is Nc1ccc(COCc2cccs2)cc1. The van der Waals surface area contributed by atoms with Crippen LogP contribution in [0, 0.1) is 0 Å². The largest absolute Gasteiger partial charge is 0.399 e. The van der Waals surface area contributed by atoms with Crippen molar-refractivity contribution in [2.24, 2.45) is 0 Å². The molecule has 78 valence electrons. The van der Waals surface area contributed by atoms with Crippen molar-refractivity contribution < 1.29 is 4.74 Å². The minimum Gasteiger partial charge on any atom is -0.399 e. The molecular weight excluding hydrogens is 206 g/mol. The van der Waals surface area contributed by atoms with Gasteiger partial charge in [0.25, 0.3) is 0 Å². The van der Waals surface area contributed by atoms with Gasteiger partial charge in [0.15, 0.2) is 0 Å². The van der Waals surface area contributed by atoms with Gasteiger partial charge in [-0.2, -0.15) is 0 Å². The van der Waals surface area contributed by atoms with Crippen LogP contribution in [0.25, 0.3) is 0 Å². The van der Waals surface area contributed by atoms with Crippen LogP contribution in [-0.4, -0.2) is 0 Å². The van der Waals surface area contributed by atoms with Crippen molar-refractivity contribution >= 4 is 17.0 Å². The minimum absolute atomic E-state index is 0.637. The van der Waals surface area contributed by atoms with Crippen molar-refractivity contribution in [3.05, 3.63) is 52.2 Å². The third kappa shape index (κ3) is 3.08. The third-order valence-corrected chi connectivity index (χ3v) is 2.92. The lowest BCUT2D eigenvalue weighted by Gasteiger charge is -2.03. The van der Waals surface area contributed by atoms with Gasteiger partial charge in [-0.05, 0) is 29.1 Å². The van der Waals surface area contributed by atoms with Gasteiger partial charge in [0.05, 0.1) is 13.2 Å². The summed E-state index contributed by atoms with van der Waals surface area (Å²) in [6, 6.07) is 11.9. The van der Waals surface area contributed by atoms with Crippen molar-refractivity contribution in [2.75, 3.05) is 5.73 Å². The highest BCUT2D eigenvalue weighted by Crippen LogP contribution is 2.12. The Morgan fingerprint density at radius 1 is 1.07 bits per heavy atom. The Kier molecular flexibility index (Phi) is 3.37. The summed E-state index contributed by atoms with van der Waals surface area (Å²) in [6.07, 6.45) is 0. The van der Waals surface area contributed by atoms with Crippen molar-refractivity contribution in [1.82, 2.24) is 0 Å². The van der Waals surface area contributed by atoms with Gasteiger partial charge in [0.1, 0.15) is 0 Å². The lowest BCUT2D eigenvalue weighted by Crippen LogP contribution is -1.93. The van der Waals surface area contributed by atoms with E-state index in [0.29, 0.717) is 13.2 Å². The van der Waals surface area contributed by atoms with Crippen LogP contribution in [0.4, 0.5) is 5.69 Å². The smallest absolute Gasteiger partial charge is 0.0813 e. The van der Waals surface area contributed by atoms with Crippen LogP contribution in [0.15, 0.2) is 41.8 Å². The van der Waals surface area contributed by atoms with E-state index in [1.54, 1.807) is 11.3 Å². The number of hydrogen-bond donors (Lipinski definition) is 1. The van der Waals surface area contributed by atoms with Crippen molar-refractivity contribution in [3.63, 3.8) is 0 Å². The van der Waals surface area contributed by atoms with E-state index in [-0.39, 0.29) is 0 Å². The van der Waals surface area contributed by atoms with Crippen LogP contribution in [-0.2, 0) is 18.0 Å². The van der Waals surface area contributed by atoms with Gasteiger partial charge in [-0.15, -0.1) is 11.3 Å². The topological polar surface area (TPSA) is 35.2 Å². The predicted octanol–water partition coefficient (Wildman–Crippen LogP) is 3.05. The molecule has 0 bridgehead atoms. The third-order valence-electron chi connectivity index (χ3n) is 2.07. The standard InChI is InChI=1S/C12H13NOS/c13-11-5-3-10(4-6-11)8-14-9-12-2-1-7-15-12/h1-7H,8-9,13H2. The maximum Gasteiger partial charge on any atom is 0.0813 e. The summed E-state index contributed by atoms with van der Waals surface area (Å²) in [6.45, 7) is 1.32. The molecule has 2 rings (SSSR count). The summed E-state index contributed by atoms with van der Waals surface area (Å²) < 4.78 is 5.57. The highest BCUT2D eigenvalue weighted by Gasteiger charge is 1.95. The zero-order valence-corrected chi connectivity index (χ0v) is 9.17. The molecule has 2 aromatic rings. The second-order valence-corrected chi connectivity index (χ2v) is 4.35. The fourth-order valence-corrected chi connectivity index (χ4v) is 1.92. The number of thiophene rings is 1. The Balaban J connectivity index is 1.81. The summed E-state index contributed by atoms with van der Waals surface area (Å²) >= 11 is 1.72. The average molecular weight is 219 g/mol.